The zero-order valence-corrected chi connectivity index (χ0v) is 18.6. The molecule has 0 heterocycles. The number of nitrogens with one attached hydrogen (secondary N) is 2. The van der Waals surface area contributed by atoms with Crippen molar-refractivity contribution in [3.8, 4) is 0 Å². The fraction of sp³-hybridized carbons (Fsp3) is 0.440. The number of hydrogen-bond donors (Lipinski definition) is 4. The van der Waals surface area contributed by atoms with Crippen molar-refractivity contribution in [2.24, 2.45) is 0 Å². The predicted molar refractivity (Wildman–Crippen MR) is 122 cm³/mol. The van der Waals surface area contributed by atoms with Crippen molar-refractivity contribution in [1.29, 1.82) is 0 Å². The van der Waals surface area contributed by atoms with Gasteiger partial charge < -0.3 is 25.6 Å². The highest BCUT2D eigenvalue weighted by molar-refractivity contribution is 5.95. The van der Waals surface area contributed by atoms with Gasteiger partial charge in [0.15, 0.2) is 6.10 Å². The predicted octanol–water partition coefficient (Wildman–Crippen LogP) is 2.15. The first-order chi connectivity index (χ1) is 15.4. The lowest BCUT2D eigenvalue weighted by molar-refractivity contribution is -0.129. The number of carbonyl (C=O) groups excluding carboxylic acids is 2. The van der Waals surface area contributed by atoms with Gasteiger partial charge in [-0.25, -0.2) is 0 Å². The quantitative estimate of drug-likeness (QED) is 0.496. The molecular weight excluding hydrogens is 408 g/mol. The van der Waals surface area contributed by atoms with Crippen LogP contribution in [0.5, 0.6) is 0 Å². The molecule has 2 aliphatic rings. The molecule has 172 valence electrons. The van der Waals surface area contributed by atoms with Crippen LogP contribution in [-0.4, -0.2) is 53.5 Å². The number of aryl methyl sites for hydroxylation is 1. The van der Waals surface area contributed by atoms with Crippen molar-refractivity contribution < 1.29 is 24.5 Å². The minimum absolute atomic E-state index is 0.266. The van der Waals surface area contributed by atoms with Crippen LogP contribution in [-0.2, 0) is 16.0 Å². The van der Waals surface area contributed by atoms with E-state index < -0.39 is 24.2 Å². The first-order valence-electron chi connectivity index (χ1n) is 11.1. The summed E-state index contributed by atoms with van der Waals surface area (Å²) in [4.78, 5) is 25.7. The van der Waals surface area contributed by atoms with Crippen molar-refractivity contribution in [2.45, 2.75) is 63.4 Å². The molecule has 0 saturated heterocycles. The maximum absolute atomic E-state index is 12.9. The molecule has 0 aliphatic heterocycles. The van der Waals surface area contributed by atoms with Crippen LogP contribution in [0.1, 0.15) is 48.5 Å². The van der Waals surface area contributed by atoms with Gasteiger partial charge in [0.2, 0.25) is 0 Å². The summed E-state index contributed by atoms with van der Waals surface area (Å²) in [5.74, 6) is -1.01. The van der Waals surface area contributed by atoms with Crippen LogP contribution >= 0.6 is 0 Å². The van der Waals surface area contributed by atoms with E-state index in [0.717, 1.165) is 24.8 Å². The Kier molecular flexibility index (Phi) is 8.39. The van der Waals surface area contributed by atoms with Crippen LogP contribution in [0.4, 0.5) is 0 Å². The highest BCUT2D eigenvalue weighted by Gasteiger charge is 2.32. The average molecular weight is 441 g/mol. The Hall–Kier alpha value is -2.74. The van der Waals surface area contributed by atoms with Crippen LogP contribution < -0.4 is 10.6 Å². The van der Waals surface area contributed by atoms with E-state index in [-0.39, 0.29) is 18.4 Å². The number of benzene rings is 1. The molecule has 3 rings (SSSR count). The lowest BCUT2D eigenvalue weighted by Crippen LogP contribution is -2.51. The molecule has 1 aromatic rings. The van der Waals surface area contributed by atoms with Gasteiger partial charge in [0.25, 0.3) is 11.8 Å². The molecule has 2 aliphatic carbocycles. The Morgan fingerprint density at radius 3 is 2.59 bits per heavy atom. The number of aliphatic hydroxyl groups excluding tert-OH is 2. The second kappa shape index (κ2) is 11.2. The van der Waals surface area contributed by atoms with Gasteiger partial charge in [-0.05, 0) is 48.6 Å². The van der Waals surface area contributed by atoms with Crippen LogP contribution in [0.15, 0.2) is 59.8 Å². The summed E-state index contributed by atoms with van der Waals surface area (Å²) in [5.41, 5.74) is 2.76. The van der Waals surface area contributed by atoms with Gasteiger partial charge in [-0.15, -0.1) is 0 Å². The number of aliphatic hydroxyl groups is 2. The molecule has 4 unspecified atom stereocenters. The highest BCUT2D eigenvalue weighted by Crippen LogP contribution is 2.21. The number of ether oxygens (including phenoxy) is 1. The van der Waals surface area contributed by atoms with Crippen LogP contribution in [0, 0.1) is 0 Å². The number of hydrogen-bond acceptors (Lipinski definition) is 5. The van der Waals surface area contributed by atoms with Gasteiger partial charge >= 0.3 is 0 Å². The van der Waals surface area contributed by atoms with Crippen molar-refractivity contribution in [2.75, 3.05) is 7.11 Å². The lowest BCUT2D eigenvalue weighted by atomic mass is 9.94. The molecule has 4 atom stereocenters. The van der Waals surface area contributed by atoms with E-state index in [4.69, 9.17) is 4.74 Å². The molecule has 7 nitrogen and oxygen atoms in total. The Bertz CT molecular complexity index is 903. The summed E-state index contributed by atoms with van der Waals surface area (Å²) < 4.78 is 5.27. The first-order valence-corrected chi connectivity index (χ1v) is 11.1. The summed E-state index contributed by atoms with van der Waals surface area (Å²) in [7, 11) is 1.54. The van der Waals surface area contributed by atoms with E-state index in [1.807, 2.05) is 37.3 Å². The fourth-order valence-electron chi connectivity index (χ4n) is 3.93. The second-order valence-electron chi connectivity index (χ2n) is 8.18. The molecular formula is C25H32N2O5. The SMILES string of the molecule is CCc1ccc(C(=O)NC(C2=CCCC=C2)C(O)C(=O)NC2=CC(OC)CC(O)C2)cc1. The van der Waals surface area contributed by atoms with Crippen LogP contribution in [0.2, 0.25) is 0 Å². The summed E-state index contributed by atoms with van der Waals surface area (Å²) in [5, 5.41) is 26.4. The zero-order chi connectivity index (χ0) is 23.1. The number of allylic oxidation sites excluding steroid dienone is 2. The zero-order valence-electron chi connectivity index (χ0n) is 18.6. The third-order valence-electron chi connectivity index (χ3n) is 5.81. The third kappa shape index (κ3) is 6.16. The van der Waals surface area contributed by atoms with Gasteiger partial charge in [-0.1, -0.05) is 37.3 Å². The first kappa shape index (κ1) is 23.9. The summed E-state index contributed by atoms with van der Waals surface area (Å²) in [6.07, 6.45) is 8.21. The number of carbonyl (C=O) groups is 2. The largest absolute Gasteiger partial charge is 0.393 e. The van der Waals surface area contributed by atoms with E-state index >= 15 is 0 Å². The Morgan fingerprint density at radius 1 is 1.22 bits per heavy atom. The van der Waals surface area contributed by atoms with Gasteiger partial charge in [0.05, 0.1) is 18.2 Å². The maximum atomic E-state index is 12.9. The van der Waals surface area contributed by atoms with Crippen molar-refractivity contribution in [1.82, 2.24) is 10.6 Å². The molecule has 0 radical (unpaired) electrons. The number of amides is 2. The molecule has 2 amide bonds. The molecule has 4 N–H and O–H groups in total. The van der Waals surface area contributed by atoms with E-state index in [2.05, 4.69) is 10.6 Å². The smallest absolute Gasteiger partial charge is 0.255 e. The topological polar surface area (TPSA) is 108 Å². The molecule has 32 heavy (non-hydrogen) atoms. The standard InChI is InChI=1S/C25H32N2O5/c1-3-16-9-11-18(12-10-16)24(30)27-22(17-7-5-4-6-8-17)23(29)25(31)26-19-13-20(28)15-21(14-19)32-2/h5,7-12,14,20-23,28-29H,3-4,6,13,15H2,1-2H3,(H,26,31)(H,27,30). The maximum Gasteiger partial charge on any atom is 0.255 e. The van der Waals surface area contributed by atoms with E-state index in [1.54, 1.807) is 18.2 Å². The summed E-state index contributed by atoms with van der Waals surface area (Å²) in [6.45, 7) is 2.04. The summed E-state index contributed by atoms with van der Waals surface area (Å²) >= 11 is 0. The monoisotopic (exact) mass is 440 g/mol. The molecule has 0 aromatic heterocycles. The molecule has 0 fully saturated rings. The molecule has 0 saturated carbocycles. The van der Waals surface area contributed by atoms with Gasteiger partial charge in [-0.3, -0.25) is 9.59 Å². The van der Waals surface area contributed by atoms with Gasteiger partial charge in [0.1, 0.15) is 0 Å². The minimum atomic E-state index is -1.51. The van der Waals surface area contributed by atoms with E-state index in [1.165, 1.54) is 7.11 Å². The fourth-order valence-corrected chi connectivity index (χ4v) is 3.93. The highest BCUT2D eigenvalue weighted by atomic mass is 16.5. The van der Waals surface area contributed by atoms with Crippen LogP contribution in [0.3, 0.4) is 0 Å². The van der Waals surface area contributed by atoms with Gasteiger partial charge in [0, 0.05) is 31.2 Å². The lowest BCUT2D eigenvalue weighted by Gasteiger charge is -2.28. The Morgan fingerprint density at radius 2 is 1.97 bits per heavy atom. The minimum Gasteiger partial charge on any atom is -0.393 e. The van der Waals surface area contributed by atoms with Gasteiger partial charge in [-0.2, -0.15) is 0 Å². The summed E-state index contributed by atoms with van der Waals surface area (Å²) in [6, 6.07) is 6.35. The van der Waals surface area contributed by atoms with Crippen molar-refractivity contribution in [3.05, 3.63) is 71.0 Å². The molecule has 7 heteroatoms. The van der Waals surface area contributed by atoms with Crippen molar-refractivity contribution >= 4 is 11.8 Å². The second-order valence-corrected chi connectivity index (χ2v) is 8.18. The van der Waals surface area contributed by atoms with Crippen LogP contribution in [0.25, 0.3) is 0 Å². The van der Waals surface area contributed by atoms with E-state index in [9.17, 15) is 19.8 Å². The van der Waals surface area contributed by atoms with E-state index in [0.29, 0.717) is 23.3 Å². The Labute approximate surface area is 188 Å². The van der Waals surface area contributed by atoms with Crippen molar-refractivity contribution in [3.63, 3.8) is 0 Å². The molecule has 0 bridgehead atoms. The number of rotatable bonds is 8. The normalized spacial score (nSPS) is 22.4. The molecule has 1 aromatic carbocycles. The Balaban J connectivity index is 1.76. The average Bonchev–Trinajstić information content (AvgIpc) is 2.82. The number of methoxy groups -OCH3 is 1. The third-order valence-corrected chi connectivity index (χ3v) is 5.81. The molecule has 0 spiro atoms.